The van der Waals surface area contributed by atoms with Crippen LogP contribution in [0.1, 0.15) is 25.3 Å². The second kappa shape index (κ2) is 6.93. The maximum Gasteiger partial charge on any atom is 0.138 e. The number of aromatic nitrogens is 1. The molecule has 0 saturated carbocycles. The highest BCUT2D eigenvalue weighted by Gasteiger charge is 2.24. The average molecular weight is 296 g/mol. The summed E-state index contributed by atoms with van der Waals surface area (Å²) >= 11 is 0. The summed E-state index contributed by atoms with van der Waals surface area (Å²) < 4.78 is 5.92. The highest BCUT2D eigenvalue weighted by Crippen LogP contribution is 2.25. The molecule has 116 valence electrons. The van der Waals surface area contributed by atoms with Crippen molar-refractivity contribution in [1.29, 1.82) is 0 Å². The second-order valence-corrected chi connectivity index (χ2v) is 6.09. The molecule has 22 heavy (non-hydrogen) atoms. The van der Waals surface area contributed by atoms with Crippen molar-refractivity contribution in [2.75, 3.05) is 20.2 Å². The van der Waals surface area contributed by atoms with Crippen LogP contribution >= 0.6 is 0 Å². The molecule has 1 aliphatic rings. The Morgan fingerprint density at radius 1 is 1.23 bits per heavy atom. The quantitative estimate of drug-likeness (QED) is 0.811. The third kappa shape index (κ3) is 3.47. The van der Waals surface area contributed by atoms with Gasteiger partial charge in [-0.3, -0.25) is 9.88 Å². The van der Waals surface area contributed by atoms with Gasteiger partial charge in [0.2, 0.25) is 0 Å². The third-order valence-electron chi connectivity index (χ3n) is 4.39. The SMILES string of the molecule is CCCc1cccc(-c2cncc(OCC3CCN3C)c2)c1. The molecular weight excluding hydrogens is 272 g/mol. The molecule has 2 aromatic rings. The fourth-order valence-electron chi connectivity index (χ4n) is 2.82. The first-order chi connectivity index (χ1) is 10.8. The molecule has 0 N–H and O–H groups in total. The normalized spacial score (nSPS) is 18.0. The van der Waals surface area contributed by atoms with Crippen LogP contribution in [0, 0.1) is 0 Å². The number of ether oxygens (including phenoxy) is 1. The van der Waals surface area contributed by atoms with Gasteiger partial charge in [-0.25, -0.2) is 0 Å². The van der Waals surface area contributed by atoms with Gasteiger partial charge in [0.1, 0.15) is 12.4 Å². The lowest BCUT2D eigenvalue weighted by Crippen LogP contribution is -2.48. The topological polar surface area (TPSA) is 25.4 Å². The van der Waals surface area contributed by atoms with E-state index >= 15 is 0 Å². The minimum absolute atomic E-state index is 0.552. The Labute approximate surface area is 132 Å². The largest absolute Gasteiger partial charge is 0.490 e. The minimum Gasteiger partial charge on any atom is -0.490 e. The van der Waals surface area contributed by atoms with Gasteiger partial charge in [0, 0.05) is 17.8 Å². The van der Waals surface area contributed by atoms with Gasteiger partial charge in [-0.15, -0.1) is 0 Å². The van der Waals surface area contributed by atoms with Crippen LogP contribution in [0.5, 0.6) is 5.75 Å². The lowest BCUT2D eigenvalue weighted by molar-refractivity contribution is 0.0768. The number of nitrogens with zero attached hydrogens (tertiary/aromatic N) is 2. The summed E-state index contributed by atoms with van der Waals surface area (Å²) in [6.45, 7) is 4.13. The van der Waals surface area contributed by atoms with Crippen LogP contribution in [0.2, 0.25) is 0 Å². The van der Waals surface area contributed by atoms with E-state index in [0.717, 1.165) is 24.3 Å². The Balaban J connectivity index is 1.71. The van der Waals surface area contributed by atoms with E-state index in [-0.39, 0.29) is 0 Å². The van der Waals surface area contributed by atoms with E-state index in [4.69, 9.17) is 4.74 Å². The van der Waals surface area contributed by atoms with Crippen LogP contribution in [0.4, 0.5) is 0 Å². The highest BCUT2D eigenvalue weighted by atomic mass is 16.5. The molecule has 3 nitrogen and oxygen atoms in total. The molecule has 1 atom stereocenters. The zero-order chi connectivity index (χ0) is 15.4. The Morgan fingerprint density at radius 3 is 2.86 bits per heavy atom. The number of rotatable bonds is 6. The van der Waals surface area contributed by atoms with E-state index in [1.807, 2.05) is 6.20 Å². The Bertz CT molecular complexity index is 626. The van der Waals surface area contributed by atoms with Crippen LogP contribution in [-0.2, 0) is 6.42 Å². The fourth-order valence-corrected chi connectivity index (χ4v) is 2.82. The van der Waals surface area contributed by atoms with Gasteiger partial charge in [0.05, 0.1) is 6.20 Å². The molecule has 1 aliphatic heterocycles. The van der Waals surface area contributed by atoms with Crippen LogP contribution in [0.25, 0.3) is 11.1 Å². The van der Waals surface area contributed by atoms with Crippen LogP contribution in [-0.4, -0.2) is 36.1 Å². The number of benzene rings is 1. The summed E-state index contributed by atoms with van der Waals surface area (Å²) in [4.78, 5) is 6.66. The molecule has 0 aliphatic carbocycles. The molecular formula is C19H24N2O. The Hall–Kier alpha value is -1.87. The first-order valence-electron chi connectivity index (χ1n) is 8.13. The predicted octanol–water partition coefficient (Wildman–Crippen LogP) is 3.78. The van der Waals surface area contributed by atoms with Crippen molar-refractivity contribution < 1.29 is 4.74 Å². The standard InChI is InChI=1S/C19H24N2O/c1-3-5-15-6-4-7-16(10-15)17-11-19(13-20-12-17)22-14-18-8-9-21(18)2/h4,6-7,10-13,18H,3,5,8-9,14H2,1-2H3. The Kier molecular flexibility index (Phi) is 4.74. The Morgan fingerprint density at radius 2 is 2.14 bits per heavy atom. The van der Waals surface area contributed by atoms with Gasteiger partial charge in [-0.1, -0.05) is 37.6 Å². The molecule has 2 heterocycles. The van der Waals surface area contributed by atoms with Gasteiger partial charge in [0.15, 0.2) is 0 Å². The lowest BCUT2D eigenvalue weighted by atomic mass is 10.0. The van der Waals surface area contributed by atoms with Gasteiger partial charge in [0.25, 0.3) is 0 Å². The number of pyridine rings is 1. The molecule has 0 bridgehead atoms. The molecule has 1 aromatic carbocycles. The molecule has 1 aromatic heterocycles. The van der Waals surface area contributed by atoms with Crippen molar-refractivity contribution >= 4 is 0 Å². The molecule has 1 fully saturated rings. The summed E-state index contributed by atoms with van der Waals surface area (Å²) in [5, 5.41) is 0. The van der Waals surface area contributed by atoms with Gasteiger partial charge < -0.3 is 4.74 Å². The highest BCUT2D eigenvalue weighted by molar-refractivity contribution is 5.64. The molecule has 1 saturated heterocycles. The van der Waals surface area contributed by atoms with E-state index in [1.54, 1.807) is 6.20 Å². The van der Waals surface area contributed by atoms with Crippen LogP contribution in [0.3, 0.4) is 0 Å². The minimum atomic E-state index is 0.552. The maximum atomic E-state index is 5.92. The summed E-state index contributed by atoms with van der Waals surface area (Å²) in [7, 11) is 2.14. The molecule has 0 amide bonds. The average Bonchev–Trinajstić information content (AvgIpc) is 2.54. The number of likely N-dealkylation sites (tertiary alicyclic amines) is 1. The first kappa shape index (κ1) is 15.0. The van der Waals surface area contributed by atoms with Crippen molar-refractivity contribution in [1.82, 2.24) is 9.88 Å². The van der Waals surface area contributed by atoms with Crippen LogP contribution < -0.4 is 4.74 Å². The lowest BCUT2D eigenvalue weighted by Gasteiger charge is -2.37. The zero-order valence-electron chi connectivity index (χ0n) is 13.5. The van der Waals surface area contributed by atoms with E-state index in [9.17, 15) is 0 Å². The van der Waals surface area contributed by atoms with E-state index < -0.39 is 0 Å². The fraction of sp³-hybridized carbons (Fsp3) is 0.421. The van der Waals surface area contributed by atoms with E-state index in [0.29, 0.717) is 6.04 Å². The number of aryl methyl sites for hydroxylation is 1. The van der Waals surface area contributed by atoms with Crippen molar-refractivity contribution in [3.05, 3.63) is 48.3 Å². The van der Waals surface area contributed by atoms with Gasteiger partial charge in [-0.05, 0) is 43.6 Å². The molecule has 0 spiro atoms. The zero-order valence-corrected chi connectivity index (χ0v) is 13.5. The summed E-state index contributed by atoms with van der Waals surface area (Å²) in [5.74, 6) is 0.860. The third-order valence-corrected chi connectivity index (χ3v) is 4.39. The van der Waals surface area contributed by atoms with Crippen LogP contribution in [0.15, 0.2) is 42.7 Å². The smallest absolute Gasteiger partial charge is 0.138 e. The van der Waals surface area contributed by atoms with Crippen molar-refractivity contribution in [3.8, 4) is 16.9 Å². The van der Waals surface area contributed by atoms with Crippen molar-refractivity contribution in [2.24, 2.45) is 0 Å². The van der Waals surface area contributed by atoms with Crippen molar-refractivity contribution in [2.45, 2.75) is 32.2 Å². The second-order valence-electron chi connectivity index (χ2n) is 6.09. The summed E-state index contributed by atoms with van der Waals surface area (Å²) in [5.41, 5.74) is 3.71. The maximum absolute atomic E-state index is 5.92. The molecule has 3 rings (SSSR count). The molecule has 3 heteroatoms. The monoisotopic (exact) mass is 296 g/mol. The van der Waals surface area contributed by atoms with E-state index in [2.05, 4.69) is 54.2 Å². The van der Waals surface area contributed by atoms with Crippen molar-refractivity contribution in [3.63, 3.8) is 0 Å². The predicted molar refractivity (Wildman–Crippen MR) is 90.2 cm³/mol. The van der Waals surface area contributed by atoms with Gasteiger partial charge in [-0.2, -0.15) is 0 Å². The number of hydrogen-bond donors (Lipinski definition) is 0. The summed E-state index contributed by atoms with van der Waals surface area (Å²) in [6, 6.07) is 11.3. The van der Waals surface area contributed by atoms with Gasteiger partial charge >= 0.3 is 0 Å². The first-order valence-corrected chi connectivity index (χ1v) is 8.13. The molecule has 1 unspecified atom stereocenters. The number of hydrogen-bond acceptors (Lipinski definition) is 3. The molecule has 0 radical (unpaired) electrons. The number of likely N-dealkylation sites (N-methyl/N-ethyl adjacent to an activating group) is 1. The summed E-state index contributed by atoms with van der Waals surface area (Å²) in [6.07, 6.45) is 7.22. The van der Waals surface area contributed by atoms with E-state index in [1.165, 1.54) is 30.5 Å².